The number of amides is 1. The van der Waals surface area contributed by atoms with Crippen molar-refractivity contribution in [1.29, 1.82) is 0 Å². The molecule has 0 aliphatic carbocycles. The van der Waals surface area contributed by atoms with Gasteiger partial charge in [-0.15, -0.1) is 0 Å². The summed E-state index contributed by atoms with van der Waals surface area (Å²) in [6.45, 7) is 2.16. The van der Waals surface area contributed by atoms with Crippen LogP contribution in [0.3, 0.4) is 0 Å². The molecule has 3 heteroatoms. The monoisotopic (exact) mass is 285 g/mol. The van der Waals surface area contributed by atoms with Gasteiger partial charge in [-0.05, 0) is 42.2 Å². The molecule has 0 atom stereocenters. The number of hydrogen-bond donors (Lipinski definition) is 1. The lowest BCUT2D eigenvalue weighted by molar-refractivity contribution is -0.115. The van der Waals surface area contributed by atoms with Crippen LogP contribution in [0, 0.1) is 5.82 Å². The Bertz CT molecular complexity index is 592. The van der Waals surface area contributed by atoms with Gasteiger partial charge in [-0.1, -0.05) is 43.7 Å². The smallest absolute Gasteiger partial charge is 0.228 e. The summed E-state index contributed by atoms with van der Waals surface area (Å²) in [5.41, 5.74) is 2.43. The van der Waals surface area contributed by atoms with Crippen molar-refractivity contribution in [3.8, 4) is 0 Å². The minimum atomic E-state index is -0.345. The molecule has 0 bridgehead atoms. The molecule has 0 fully saturated rings. The van der Waals surface area contributed by atoms with Crippen LogP contribution in [0.4, 0.5) is 10.1 Å². The van der Waals surface area contributed by atoms with E-state index in [1.807, 2.05) is 24.3 Å². The Balaban J connectivity index is 1.92. The first-order chi connectivity index (χ1) is 10.2. The molecule has 2 aromatic rings. The summed E-state index contributed by atoms with van der Waals surface area (Å²) in [5, 5.41) is 2.80. The fourth-order valence-electron chi connectivity index (χ4n) is 2.16. The largest absolute Gasteiger partial charge is 0.326 e. The standard InChI is InChI=1S/C18H20FNO/c1-2-3-6-14-9-11-16(12-10-14)20-18(21)13-15-7-4-5-8-17(15)19/h4-5,7-12H,2-3,6,13H2,1H3,(H,20,21). The highest BCUT2D eigenvalue weighted by atomic mass is 19.1. The van der Waals surface area contributed by atoms with Crippen LogP contribution in [0.15, 0.2) is 48.5 Å². The maximum Gasteiger partial charge on any atom is 0.228 e. The highest BCUT2D eigenvalue weighted by Gasteiger charge is 2.07. The molecule has 2 nitrogen and oxygen atoms in total. The van der Waals surface area contributed by atoms with Gasteiger partial charge >= 0.3 is 0 Å². The number of benzene rings is 2. The lowest BCUT2D eigenvalue weighted by Crippen LogP contribution is -2.15. The predicted molar refractivity (Wildman–Crippen MR) is 83.8 cm³/mol. The molecule has 0 saturated heterocycles. The quantitative estimate of drug-likeness (QED) is 0.840. The zero-order valence-corrected chi connectivity index (χ0v) is 12.2. The van der Waals surface area contributed by atoms with Gasteiger partial charge in [0.05, 0.1) is 6.42 Å². The van der Waals surface area contributed by atoms with E-state index >= 15 is 0 Å². The van der Waals surface area contributed by atoms with Crippen LogP contribution in [-0.4, -0.2) is 5.91 Å². The molecule has 0 saturated carbocycles. The number of nitrogens with one attached hydrogen (secondary N) is 1. The molecule has 0 aliphatic heterocycles. The summed E-state index contributed by atoms with van der Waals surface area (Å²) in [4.78, 5) is 11.9. The van der Waals surface area contributed by atoms with Gasteiger partial charge in [0.1, 0.15) is 5.82 Å². The molecule has 0 radical (unpaired) electrons. The molecule has 2 rings (SSSR count). The zero-order chi connectivity index (χ0) is 15.1. The maximum atomic E-state index is 13.5. The SMILES string of the molecule is CCCCc1ccc(NC(=O)Cc2ccccc2F)cc1. The Labute approximate surface area is 125 Å². The summed E-state index contributed by atoms with van der Waals surface area (Å²) in [5.74, 6) is -0.552. The number of aryl methyl sites for hydroxylation is 1. The van der Waals surface area contributed by atoms with Gasteiger partial charge in [-0.25, -0.2) is 4.39 Å². The zero-order valence-electron chi connectivity index (χ0n) is 12.2. The second-order valence-electron chi connectivity index (χ2n) is 5.12. The van der Waals surface area contributed by atoms with Crippen LogP contribution in [-0.2, 0) is 17.6 Å². The van der Waals surface area contributed by atoms with Crippen LogP contribution in [0.2, 0.25) is 0 Å². The molecule has 2 aromatic carbocycles. The van der Waals surface area contributed by atoms with Crippen molar-refractivity contribution < 1.29 is 9.18 Å². The lowest BCUT2D eigenvalue weighted by Gasteiger charge is -2.07. The Morgan fingerprint density at radius 3 is 2.48 bits per heavy atom. The van der Waals surface area contributed by atoms with E-state index in [-0.39, 0.29) is 18.1 Å². The molecule has 21 heavy (non-hydrogen) atoms. The highest BCUT2D eigenvalue weighted by Crippen LogP contribution is 2.13. The average Bonchev–Trinajstić information content (AvgIpc) is 2.49. The summed E-state index contributed by atoms with van der Waals surface area (Å²) < 4.78 is 13.5. The van der Waals surface area contributed by atoms with Crippen LogP contribution >= 0.6 is 0 Å². The minimum Gasteiger partial charge on any atom is -0.326 e. The van der Waals surface area contributed by atoms with E-state index in [0.717, 1.165) is 12.1 Å². The Kier molecular flexibility index (Phi) is 5.50. The number of carbonyl (C=O) groups excluding carboxylic acids is 1. The molecule has 110 valence electrons. The normalized spacial score (nSPS) is 10.4. The Morgan fingerprint density at radius 1 is 1.10 bits per heavy atom. The van der Waals surface area contributed by atoms with Crippen molar-refractivity contribution in [2.75, 3.05) is 5.32 Å². The third kappa shape index (κ3) is 4.71. The van der Waals surface area contributed by atoms with Crippen molar-refractivity contribution in [3.63, 3.8) is 0 Å². The van der Waals surface area contributed by atoms with Gasteiger partial charge in [-0.2, -0.15) is 0 Å². The topological polar surface area (TPSA) is 29.1 Å². The van der Waals surface area contributed by atoms with Gasteiger partial charge in [-0.3, -0.25) is 4.79 Å². The Hall–Kier alpha value is -2.16. The number of hydrogen-bond acceptors (Lipinski definition) is 1. The van der Waals surface area contributed by atoms with Crippen LogP contribution in [0.25, 0.3) is 0 Å². The first-order valence-corrected chi connectivity index (χ1v) is 7.31. The maximum absolute atomic E-state index is 13.5. The molecule has 0 heterocycles. The predicted octanol–water partition coefficient (Wildman–Crippen LogP) is 4.35. The third-order valence-electron chi connectivity index (χ3n) is 3.37. The van der Waals surface area contributed by atoms with Gasteiger partial charge in [0.2, 0.25) is 5.91 Å². The Morgan fingerprint density at radius 2 is 1.81 bits per heavy atom. The van der Waals surface area contributed by atoms with Gasteiger partial charge < -0.3 is 5.32 Å². The van der Waals surface area contributed by atoms with Crippen LogP contribution < -0.4 is 5.32 Å². The molecule has 0 unspecified atom stereocenters. The number of anilines is 1. The second kappa shape index (κ2) is 7.58. The highest BCUT2D eigenvalue weighted by molar-refractivity contribution is 5.92. The summed E-state index contributed by atoms with van der Waals surface area (Å²) in [6.07, 6.45) is 3.43. The van der Waals surface area contributed by atoms with Crippen LogP contribution in [0.1, 0.15) is 30.9 Å². The van der Waals surface area contributed by atoms with E-state index in [2.05, 4.69) is 12.2 Å². The molecular formula is C18H20FNO. The van der Waals surface area contributed by atoms with E-state index in [4.69, 9.17) is 0 Å². The number of halogens is 1. The first kappa shape index (κ1) is 15.2. The third-order valence-corrected chi connectivity index (χ3v) is 3.37. The second-order valence-corrected chi connectivity index (χ2v) is 5.12. The minimum absolute atomic E-state index is 0.0459. The molecule has 1 N–H and O–H groups in total. The molecule has 0 aromatic heterocycles. The number of rotatable bonds is 6. The van der Waals surface area contributed by atoms with Crippen molar-refractivity contribution in [2.45, 2.75) is 32.6 Å². The van der Waals surface area contributed by atoms with Crippen molar-refractivity contribution in [2.24, 2.45) is 0 Å². The lowest BCUT2D eigenvalue weighted by atomic mass is 10.1. The molecule has 0 aliphatic rings. The van der Waals surface area contributed by atoms with Gasteiger partial charge in [0.15, 0.2) is 0 Å². The van der Waals surface area contributed by atoms with E-state index in [9.17, 15) is 9.18 Å². The van der Waals surface area contributed by atoms with Crippen LogP contribution in [0.5, 0.6) is 0 Å². The average molecular weight is 285 g/mol. The van der Waals surface area contributed by atoms with E-state index in [1.165, 1.54) is 24.5 Å². The molecule has 0 spiro atoms. The van der Waals surface area contributed by atoms with Gasteiger partial charge in [0.25, 0.3) is 0 Å². The van der Waals surface area contributed by atoms with Crippen molar-refractivity contribution in [3.05, 3.63) is 65.5 Å². The molecular weight excluding hydrogens is 265 g/mol. The van der Waals surface area contributed by atoms with Gasteiger partial charge in [0, 0.05) is 5.69 Å². The van der Waals surface area contributed by atoms with E-state index < -0.39 is 0 Å². The fraction of sp³-hybridized carbons (Fsp3) is 0.278. The summed E-state index contributed by atoms with van der Waals surface area (Å²) >= 11 is 0. The first-order valence-electron chi connectivity index (χ1n) is 7.31. The molecule has 1 amide bonds. The van der Waals surface area contributed by atoms with E-state index in [1.54, 1.807) is 18.2 Å². The summed E-state index contributed by atoms with van der Waals surface area (Å²) in [7, 11) is 0. The van der Waals surface area contributed by atoms with Crippen molar-refractivity contribution >= 4 is 11.6 Å². The number of unbranched alkanes of at least 4 members (excludes halogenated alkanes) is 1. The number of carbonyl (C=O) groups is 1. The fourth-order valence-corrected chi connectivity index (χ4v) is 2.16. The summed E-state index contributed by atoms with van der Waals surface area (Å²) in [6, 6.07) is 14.2. The van der Waals surface area contributed by atoms with Crippen molar-refractivity contribution in [1.82, 2.24) is 0 Å². The van der Waals surface area contributed by atoms with E-state index in [0.29, 0.717) is 5.56 Å².